The summed E-state index contributed by atoms with van der Waals surface area (Å²) in [4.78, 5) is 20.1. The average molecular weight is 424 g/mol. The van der Waals surface area contributed by atoms with E-state index in [1.807, 2.05) is 5.43 Å². The Morgan fingerprint density at radius 2 is 1.85 bits per heavy atom. The fraction of sp³-hybridized carbons (Fsp3) is 0.308. The fourth-order valence-corrected chi connectivity index (χ4v) is 3.47. The predicted molar refractivity (Wildman–Crippen MR) is 97.2 cm³/mol. The Bertz CT molecular complexity index is 969. The van der Waals surface area contributed by atoms with Gasteiger partial charge < -0.3 is 9.47 Å². The largest absolute Gasteiger partial charge is 0.477 e. The number of benzene rings is 1. The Balaban J connectivity index is 2.89. The molecule has 0 fully saturated rings. The van der Waals surface area contributed by atoms with Gasteiger partial charge >= 0.3 is 0 Å². The van der Waals surface area contributed by atoms with Crippen LogP contribution in [0.1, 0.15) is 0 Å². The number of nitrogens with two attached hydrogens (primary N) is 1. The molecule has 1 aromatic heterocycles. The minimum absolute atomic E-state index is 0.00336. The maximum atomic E-state index is 12.3. The molecule has 1 amide bonds. The van der Waals surface area contributed by atoms with Crippen LogP contribution in [0.4, 0.5) is 5.69 Å². The third-order valence-corrected chi connectivity index (χ3v) is 5.14. The van der Waals surface area contributed by atoms with Crippen molar-refractivity contribution in [3.05, 3.63) is 16.1 Å². The number of nitrogens with one attached hydrogen (secondary N) is 1. The van der Waals surface area contributed by atoms with Crippen molar-refractivity contribution >= 4 is 55.9 Å². The van der Waals surface area contributed by atoms with Crippen LogP contribution >= 0.6 is 23.2 Å². The smallest absolute Gasteiger partial charge is 0.278 e. The van der Waals surface area contributed by atoms with E-state index in [0.717, 1.165) is 10.6 Å². The molecule has 2 rings (SSSR count). The lowest BCUT2D eigenvalue weighted by Crippen LogP contribution is -2.43. The molecule has 0 aliphatic carbocycles. The van der Waals surface area contributed by atoms with Crippen molar-refractivity contribution in [2.45, 2.75) is 0 Å². The first-order valence-electron chi connectivity index (χ1n) is 6.88. The van der Waals surface area contributed by atoms with E-state index in [0.29, 0.717) is 0 Å². The highest BCUT2D eigenvalue weighted by molar-refractivity contribution is 7.92. The summed E-state index contributed by atoms with van der Waals surface area (Å²) in [6.07, 6.45) is 0.897. The predicted octanol–water partition coefficient (Wildman–Crippen LogP) is 0.710. The van der Waals surface area contributed by atoms with Crippen molar-refractivity contribution in [2.24, 2.45) is 5.84 Å². The molecule has 0 saturated carbocycles. The molecule has 0 aliphatic rings. The quantitative estimate of drug-likeness (QED) is 0.393. The van der Waals surface area contributed by atoms with Crippen LogP contribution in [0.2, 0.25) is 10.0 Å². The number of fused-ring (bicyclic) bond motifs is 1. The number of ether oxygens (including phenoxy) is 2. The zero-order valence-corrected chi connectivity index (χ0v) is 16.2. The summed E-state index contributed by atoms with van der Waals surface area (Å²) in [5.41, 5.74) is 1.96. The number of methoxy groups -OCH3 is 2. The van der Waals surface area contributed by atoms with Gasteiger partial charge in [0.05, 0.1) is 36.0 Å². The van der Waals surface area contributed by atoms with E-state index >= 15 is 0 Å². The zero-order valence-electron chi connectivity index (χ0n) is 13.9. The Morgan fingerprint density at radius 1 is 1.27 bits per heavy atom. The molecule has 0 unspecified atom stereocenters. The highest BCUT2D eigenvalue weighted by Gasteiger charge is 2.28. The van der Waals surface area contributed by atoms with E-state index in [1.54, 1.807) is 0 Å². The summed E-state index contributed by atoms with van der Waals surface area (Å²) in [5, 5.41) is -0.117. The molecule has 0 aliphatic heterocycles. The molecular formula is C13H15Cl2N5O5S. The molecule has 1 aromatic carbocycles. The lowest BCUT2D eigenvalue weighted by molar-refractivity contribution is -0.119. The zero-order chi connectivity index (χ0) is 19.6. The Kier molecular flexibility index (Phi) is 5.96. The first-order chi connectivity index (χ1) is 12.1. The maximum Gasteiger partial charge on any atom is 0.278 e. The number of carbonyl (C=O) groups is 1. The summed E-state index contributed by atoms with van der Waals surface area (Å²) < 4.78 is 35.4. The molecule has 10 nitrogen and oxygen atoms in total. The van der Waals surface area contributed by atoms with Crippen LogP contribution in [0.3, 0.4) is 0 Å². The van der Waals surface area contributed by atoms with E-state index in [1.165, 1.54) is 20.3 Å². The molecule has 3 N–H and O–H groups in total. The Hall–Kier alpha value is -2.08. The number of aromatic nitrogens is 2. The molecule has 142 valence electrons. The number of sulfonamides is 1. The topological polar surface area (TPSA) is 137 Å². The summed E-state index contributed by atoms with van der Waals surface area (Å²) in [7, 11) is -1.25. The highest BCUT2D eigenvalue weighted by atomic mass is 35.5. The van der Waals surface area contributed by atoms with Crippen LogP contribution in [0, 0.1) is 0 Å². The average Bonchev–Trinajstić information content (AvgIpc) is 2.59. The third kappa shape index (κ3) is 3.85. The van der Waals surface area contributed by atoms with Gasteiger partial charge in [0.1, 0.15) is 17.7 Å². The molecule has 0 bridgehead atoms. The number of carbonyl (C=O) groups excluding carboxylic acids is 1. The molecule has 0 saturated heterocycles. The van der Waals surface area contributed by atoms with Crippen molar-refractivity contribution < 1.29 is 22.7 Å². The number of hydrogen-bond donors (Lipinski definition) is 2. The fourth-order valence-electron chi connectivity index (χ4n) is 2.12. The van der Waals surface area contributed by atoms with Gasteiger partial charge in [-0.2, -0.15) is 0 Å². The monoisotopic (exact) mass is 423 g/mol. The normalized spacial score (nSPS) is 11.3. The van der Waals surface area contributed by atoms with Gasteiger partial charge in [-0.15, -0.1) is 0 Å². The van der Waals surface area contributed by atoms with E-state index in [-0.39, 0.29) is 38.5 Å². The molecule has 0 atom stereocenters. The number of amides is 1. The number of rotatable bonds is 6. The molecular weight excluding hydrogens is 409 g/mol. The van der Waals surface area contributed by atoms with Crippen LogP contribution < -0.4 is 25.0 Å². The molecule has 1 heterocycles. The van der Waals surface area contributed by atoms with Gasteiger partial charge in [0.15, 0.2) is 0 Å². The van der Waals surface area contributed by atoms with Gasteiger partial charge in [0.25, 0.3) is 17.7 Å². The lowest BCUT2D eigenvalue weighted by Gasteiger charge is -2.24. The first kappa shape index (κ1) is 20.2. The van der Waals surface area contributed by atoms with Gasteiger partial charge in [-0.1, -0.05) is 23.2 Å². The van der Waals surface area contributed by atoms with Gasteiger partial charge in [-0.25, -0.2) is 24.2 Å². The van der Waals surface area contributed by atoms with Crippen molar-refractivity contribution in [1.82, 2.24) is 15.4 Å². The molecule has 13 heteroatoms. The van der Waals surface area contributed by atoms with Crippen LogP contribution in [-0.4, -0.2) is 51.3 Å². The second kappa shape index (κ2) is 7.66. The van der Waals surface area contributed by atoms with E-state index < -0.39 is 22.5 Å². The van der Waals surface area contributed by atoms with Crippen LogP contribution in [0.5, 0.6) is 11.8 Å². The molecule has 0 radical (unpaired) electrons. The van der Waals surface area contributed by atoms with E-state index in [4.69, 9.17) is 38.5 Å². The second-order valence-electron chi connectivity index (χ2n) is 4.97. The molecule has 2 aromatic rings. The Labute approximate surface area is 159 Å². The van der Waals surface area contributed by atoms with E-state index in [2.05, 4.69) is 9.97 Å². The number of nitrogens with zero attached hydrogens (tertiary/aromatic N) is 3. The van der Waals surface area contributed by atoms with Crippen molar-refractivity contribution in [3.8, 4) is 11.8 Å². The molecule has 0 spiro atoms. The summed E-state index contributed by atoms with van der Waals surface area (Å²) in [5.74, 6) is 4.35. The number of halogens is 2. The van der Waals surface area contributed by atoms with Gasteiger partial charge in [-0.05, 0) is 6.07 Å². The number of anilines is 1. The first-order valence-corrected chi connectivity index (χ1v) is 9.49. The summed E-state index contributed by atoms with van der Waals surface area (Å²) >= 11 is 12.3. The lowest BCUT2D eigenvalue weighted by atomic mass is 10.2. The van der Waals surface area contributed by atoms with Gasteiger partial charge in [0, 0.05) is 0 Å². The second-order valence-corrected chi connectivity index (χ2v) is 7.66. The van der Waals surface area contributed by atoms with Crippen LogP contribution in [-0.2, 0) is 14.8 Å². The van der Waals surface area contributed by atoms with E-state index in [9.17, 15) is 13.2 Å². The minimum Gasteiger partial charge on any atom is -0.477 e. The summed E-state index contributed by atoms with van der Waals surface area (Å²) in [6, 6.07) is 1.39. The number of hydrogen-bond acceptors (Lipinski definition) is 8. The van der Waals surface area contributed by atoms with Crippen LogP contribution in [0.15, 0.2) is 6.07 Å². The SMILES string of the molecule is COc1nc2cc(Cl)c(Cl)c(N(CC(=O)NN)S(C)(=O)=O)c2nc1OC. The standard InChI is InChI=1S/C13H15Cl2N5O5S/c1-24-12-13(25-2)18-10-7(17-12)4-6(14)9(15)11(10)20(26(3,22)23)5-8(21)19-16/h4H,5,16H2,1-3H3,(H,19,21). The minimum atomic E-state index is -3.96. The maximum absolute atomic E-state index is 12.3. The van der Waals surface area contributed by atoms with Crippen molar-refractivity contribution in [1.29, 1.82) is 0 Å². The number of hydrazine groups is 1. The van der Waals surface area contributed by atoms with Crippen molar-refractivity contribution in [2.75, 3.05) is 31.3 Å². The highest BCUT2D eigenvalue weighted by Crippen LogP contribution is 2.41. The van der Waals surface area contributed by atoms with Gasteiger partial charge in [-0.3, -0.25) is 14.5 Å². The Morgan fingerprint density at radius 3 is 2.35 bits per heavy atom. The third-order valence-electron chi connectivity index (χ3n) is 3.25. The van der Waals surface area contributed by atoms with Gasteiger partial charge in [0.2, 0.25) is 10.0 Å². The van der Waals surface area contributed by atoms with Crippen molar-refractivity contribution in [3.63, 3.8) is 0 Å². The molecule has 26 heavy (non-hydrogen) atoms. The summed E-state index contributed by atoms with van der Waals surface area (Å²) in [6.45, 7) is -0.638. The van der Waals surface area contributed by atoms with Crippen LogP contribution in [0.25, 0.3) is 11.0 Å².